The highest BCUT2D eigenvalue weighted by molar-refractivity contribution is 7.98. The lowest BCUT2D eigenvalue weighted by atomic mass is 9.90. The summed E-state index contributed by atoms with van der Waals surface area (Å²) in [5, 5.41) is 0. The number of hydrogen-bond donors (Lipinski definition) is 1. The van der Waals surface area contributed by atoms with Crippen molar-refractivity contribution in [3.8, 4) is 0 Å². The lowest BCUT2D eigenvalue weighted by Crippen LogP contribution is -2.37. The van der Waals surface area contributed by atoms with Gasteiger partial charge in [0.2, 0.25) is 5.95 Å². The topological polar surface area (TPSA) is 49.0 Å². The van der Waals surface area contributed by atoms with Gasteiger partial charge in [-0.3, -0.25) is 9.78 Å². The first kappa shape index (κ1) is 14.8. The molecule has 0 aliphatic carbocycles. The van der Waals surface area contributed by atoms with Gasteiger partial charge in [0, 0.05) is 30.2 Å². The molecule has 0 atom stereocenters. The van der Waals surface area contributed by atoms with Crippen LogP contribution in [-0.4, -0.2) is 23.1 Å². The number of nitrogens with one attached hydrogen (secondary N) is 1. The van der Waals surface area contributed by atoms with Crippen LogP contribution in [0.5, 0.6) is 0 Å². The van der Waals surface area contributed by atoms with Crippen LogP contribution in [0.1, 0.15) is 29.7 Å². The van der Waals surface area contributed by atoms with Crippen LogP contribution in [0.4, 0.5) is 5.95 Å². The largest absolute Gasteiger partial charge is 0.342 e. The maximum atomic E-state index is 12.1. The predicted molar refractivity (Wildman–Crippen MR) is 94.9 cm³/mol. The molecule has 1 aromatic carbocycles. The minimum Gasteiger partial charge on any atom is -0.342 e. The molecule has 23 heavy (non-hydrogen) atoms. The third kappa shape index (κ3) is 3.15. The molecule has 0 bridgehead atoms. The molecule has 4 rings (SSSR count). The molecule has 2 aromatic rings. The fourth-order valence-electron chi connectivity index (χ4n) is 3.50. The average Bonchev–Trinajstić information content (AvgIpc) is 3.06. The van der Waals surface area contributed by atoms with Gasteiger partial charge in [0.1, 0.15) is 0 Å². The van der Waals surface area contributed by atoms with Crippen molar-refractivity contribution in [1.29, 1.82) is 0 Å². The molecule has 3 heterocycles. The Kier molecular flexibility index (Phi) is 4.12. The normalized spacial score (nSPS) is 18.2. The van der Waals surface area contributed by atoms with Crippen molar-refractivity contribution >= 4 is 17.7 Å². The van der Waals surface area contributed by atoms with Gasteiger partial charge in [-0.25, -0.2) is 4.98 Å². The van der Waals surface area contributed by atoms with E-state index in [1.807, 2.05) is 0 Å². The van der Waals surface area contributed by atoms with Gasteiger partial charge in [-0.2, -0.15) is 11.8 Å². The number of fused-ring (bicyclic) bond motifs is 1. The van der Waals surface area contributed by atoms with Crippen LogP contribution >= 0.6 is 11.8 Å². The first-order valence-corrected chi connectivity index (χ1v) is 9.44. The molecule has 1 saturated heterocycles. The van der Waals surface area contributed by atoms with Crippen LogP contribution < -0.4 is 10.5 Å². The fourth-order valence-corrected chi connectivity index (χ4v) is 4.53. The van der Waals surface area contributed by atoms with E-state index in [4.69, 9.17) is 4.98 Å². The molecule has 1 N–H and O–H groups in total. The number of benzene rings is 1. The molecular formula is C18H21N3OS. The zero-order chi connectivity index (χ0) is 15.6. The van der Waals surface area contributed by atoms with Gasteiger partial charge in [-0.1, -0.05) is 30.3 Å². The summed E-state index contributed by atoms with van der Waals surface area (Å²) < 4.78 is 0. The summed E-state index contributed by atoms with van der Waals surface area (Å²) in [7, 11) is 0. The van der Waals surface area contributed by atoms with E-state index in [-0.39, 0.29) is 5.56 Å². The second-order valence-corrected chi connectivity index (χ2v) is 7.41. The molecule has 1 fully saturated rings. The first-order chi connectivity index (χ1) is 11.3. The minimum absolute atomic E-state index is 0.0569. The van der Waals surface area contributed by atoms with Gasteiger partial charge < -0.3 is 4.90 Å². The van der Waals surface area contributed by atoms with E-state index in [1.54, 1.807) is 11.8 Å². The Morgan fingerprint density at radius 2 is 1.96 bits per heavy atom. The molecule has 0 amide bonds. The first-order valence-electron chi connectivity index (χ1n) is 8.28. The number of H-pyrrole nitrogens is 1. The quantitative estimate of drug-likeness (QED) is 0.941. The van der Waals surface area contributed by atoms with Crippen molar-refractivity contribution in [2.75, 3.05) is 18.0 Å². The molecule has 5 heteroatoms. The smallest absolute Gasteiger partial charge is 0.256 e. The van der Waals surface area contributed by atoms with E-state index in [0.29, 0.717) is 0 Å². The molecule has 4 nitrogen and oxygen atoms in total. The number of aromatic amines is 1. The summed E-state index contributed by atoms with van der Waals surface area (Å²) in [4.78, 5) is 22.1. The van der Waals surface area contributed by atoms with E-state index in [0.717, 1.165) is 67.0 Å². The van der Waals surface area contributed by atoms with Gasteiger partial charge in [0.05, 0.1) is 5.69 Å². The number of rotatable bonds is 3. The third-order valence-corrected chi connectivity index (χ3v) is 5.83. The molecular weight excluding hydrogens is 306 g/mol. The Bertz CT molecular complexity index is 736. The molecule has 0 radical (unpaired) electrons. The fraction of sp³-hybridized carbons (Fsp3) is 0.444. The Morgan fingerprint density at radius 1 is 1.17 bits per heavy atom. The summed E-state index contributed by atoms with van der Waals surface area (Å²) in [6.07, 6.45) is 3.47. The highest BCUT2D eigenvalue weighted by Crippen LogP contribution is 2.28. The number of aromatic nitrogens is 2. The minimum atomic E-state index is 0.0569. The Hall–Kier alpha value is -1.75. The van der Waals surface area contributed by atoms with E-state index >= 15 is 0 Å². The maximum Gasteiger partial charge on any atom is 0.256 e. The molecule has 2 aliphatic rings. The van der Waals surface area contributed by atoms with Crippen molar-refractivity contribution in [1.82, 2.24) is 9.97 Å². The van der Waals surface area contributed by atoms with E-state index < -0.39 is 0 Å². The highest BCUT2D eigenvalue weighted by Gasteiger charge is 2.24. The maximum absolute atomic E-state index is 12.1. The summed E-state index contributed by atoms with van der Waals surface area (Å²) in [5.74, 6) is 3.17. The lowest BCUT2D eigenvalue weighted by Gasteiger charge is -2.32. The van der Waals surface area contributed by atoms with E-state index in [9.17, 15) is 4.79 Å². The number of anilines is 1. The standard InChI is InChI=1S/C18H21N3OS/c22-17-15-11-23-12-16(15)19-18(20-17)21-8-6-14(7-9-21)10-13-4-2-1-3-5-13/h1-5,14H,6-12H2,(H,19,20,22). The third-order valence-electron chi connectivity index (χ3n) is 4.86. The van der Waals surface area contributed by atoms with Gasteiger partial charge in [-0.05, 0) is 30.7 Å². The van der Waals surface area contributed by atoms with Crippen LogP contribution in [0.15, 0.2) is 35.1 Å². The van der Waals surface area contributed by atoms with Crippen molar-refractivity contribution in [2.24, 2.45) is 5.92 Å². The summed E-state index contributed by atoms with van der Waals surface area (Å²) in [6.45, 7) is 1.96. The number of hydrogen-bond acceptors (Lipinski definition) is 4. The molecule has 1 aromatic heterocycles. The molecule has 0 unspecified atom stereocenters. The van der Waals surface area contributed by atoms with Gasteiger partial charge in [-0.15, -0.1) is 0 Å². The van der Waals surface area contributed by atoms with Crippen LogP contribution in [0.2, 0.25) is 0 Å². The van der Waals surface area contributed by atoms with E-state index in [2.05, 4.69) is 40.2 Å². The monoisotopic (exact) mass is 327 g/mol. The van der Waals surface area contributed by atoms with Crippen molar-refractivity contribution in [2.45, 2.75) is 30.8 Å². The molecule has 120 valence electrons. The summed E-state index contributed by atoms with van der Waals surface area (Å²) >= 11 is 1.77. The number of nitrogens with zero attached hydrogens (tertiary/aromatic N) is 2. The molecule has 0 spiro atoms. The SMILES string of the molecule is O=c1[nH]c(N2CCC(Cc3ccccc3)CC2)nc2c1CSC2. The van der Waals surface area contributed by atoms with Gasteiger partial charge in [0.25, 0.3) is 5.56 Å². The number of thioether (sulfide) groups is 1. The van der Waals surface area contributed by atoms with Crippen molar-refractivity contribution in [3.05, 3.63) is 57.5 Å². The summed E-state index contributed by atoms with van der Waals surface area (Å²) in [5.41, 5.74) is 3.34. The second kappa shape index (κ2) is 6.40. The molecule has 2 aliphatic heterocycles. The van der Waals surface area contributed by atoms with Crippen molar-refractivity contribution < 1.29 is 0 Å². The highest BCUT2D eigenvalue weighted by atomic mass is 32.2. The number of piperidine rings is 1. The van der Waals surface area contributed by atoms with Crippen LogP contribution in [-0.2, 0) is 17.9 Å². The Balaban J connectivity index is 1.42. The second-order valence-electron chi connectivity index (χ2n) is 6.43. The Labute approximate surface area is 140 Å². The zero-order valence-corrected chi connectivity index (χ0v) is 13.9. The van der Waals surface area contributed by atoms with Crippen LogP contribution in [0.25, 0.3) is 0 Å². The van der Waals surface area contributed by atoms with Crippen LogP contribution in [0.3, 0.4) is 0 Å². The molecule has 0 saturated carbocycles. The predicted octanol–water partition coefficient (Wildman–Crippen LogP) is 2.98. The van der Waals surface area contributed by atoms with Gasteiger partial charge >= 0.3 is 0 Å². The van der Waals surface area contributed by atoms with Gasteiger partial charge in [0.15, 0.2) is 0 Å². The Morgan fingerprint density at radius 3 is 2.74 bits per heavy atom. The van der Waals surface area contributed by atoms with E-state index in [1.165, 1.54) is 5.56 Å². The lowest BCUT2D eigenvalue weighted by molar-refractivity contribution is 0.400. The van der Waals surface area contributed by atoms with Crippen LogP contribution in [0, 0.1) is 5.92 Å². The average molecular weight is 327 g/mol. The summed E-state index contributed by atoms with van der Waals surface area (Å²) in [6, 6.07) is 10.7. The van der Waals surface area contributed by atoms with Crippen molar-refractivity contribution in [3.63, 3.8) is 0 Å². The zero-order valence-electron chi connectivity index (χ0n) is 13.1.